The Morgan fingerprint density at radius 2 is 1.81 bits per heavy atom. The zero-order valence-corrected chi connectivity index (χ0v) is 15.0. The molecule has 0 fully saturated rings. The molecule has 138 valence electrons. The van der Waals surface area contributed by atoms with Gasteiger partial charge in [-0.2, -0.15) is 4.73 Å². The minimum Gasteiger partial charge on any atom is -0.619 e. The third-order valence-electron chi connectivity index (χ3n) is 3.85. The van der Waals surface area contributed by atoms with Crippen LogP contribution in [0.5, 0.6) is 0 Å². The van der Waals surface area contributed by atoms with Gasteiger partial charge >= 0.3 is 11.9 Å². The van der Waals surface area contributed by atoms with Gasteiger partial charge in [-0.05, 0) is 33.3 Å². The van der Waals surface area contributed by atoms with Gasteiger partial charge in [0.15, 0.2) is 18.5 Å². The van der Waals surface area contributed by atoms with E-state index in [4.69, 9.17) is 9.47 Å². The fourth-order valence-electron chi connectivity index (χ4n) is 2.54. The van der Waals surface area contributed by atoms with Gasteiger partial charge in [-0.3, -0.25) is 4.79 Å². The Bertz CT molecular complexity index is 838. The second-order valence-corrected chi connectivity index (χ2v) is 5.70. The Hall–Kier alpha value is -3.16. The van der Waals surface area contributed by atoms with Crippen LogP contribution in [0.1, 0.15) is 56.3 Å². The number of nitrogens with one attached hydrogen (secondary N) is 1. The molecular formula is C18H20N2O6. The molecule has 8 nitrogen and oxygen atoms in total. The van der Waals surface area contributed by atoms with Gasteiger partial charge in [0.2, 0.25) is 5.78 Å². The number of ketones is 1. The van der Waals surface area contributed by atoms with Gasteiger partial charge in [-0.1, -0.05) is 0 Å². The van der Waals surface area contributed by atoms with E-state index >= 15 is 0 Å². The van der Waals surface area contributed by atoms with Crippen LogP contribution in [0.15, 0.2) is 24.5 Å². The Morgan fingerprint density at radius 3 is 2.38 bits per heavy atom. The molecule has 0 bridgehead atoms. The van der Waals surface area contributed by atoms with Crippen molar-refractivity contribution < 1.29 is 28.6 Å². The standard InChI is InChI=1S/C18H20N2O6/c1-5-25-18(23)14-10(2)15(19-11(14)3)16(21)12(4)26-17(22)13-6-8-20(24)9-7-13/h6-9,12,19H,5H2,1-4H3/t12-/m1/s1. The third-order valence-corrected chi connectivity index (χ3v) is 3.85. The maximum absolute atomic E-state index is 12.6. The van der Waals surface area contributed by atoms with Gasteiger partial charge in [-0.15, -0.1) is 0 Å². The lowest BCUT2D eigenvalue weighted by Crippen LogP contribution is -2.27. The number of carbonyl (C=O) groups is 3. The Labute approximate surface area is 150 Å². The van der Waals surface area contributed by atoms with Crippen molar-refractivity contribution in [3.8, 4) is 0 Å². The number of hydrogen-bond donors (Lipinski definition) is 1. The molecule has 2 rings (SSSR count). The van der Waals surface area contributed by atoms with Crippen LogP contribution in [-0.4, -0.2) is 35.4 Å². The molecule has 2 aromatic heterocycles. The monoisotopic (exact) mass is 360 g/mol. The van der Waals surface area contributed by atoms with E-state index in [9.17, 15) is 19.6 Å². The first-order chi connectivity index (χ1) is 12.3. The number of aryl methyl sites for hydroxylation is 1. The van der Waals surface area contributed by atoms with E-state index in [2.05, 4.69) is 4.98 Å². The highest BCUT2D eigenvalue weighted by Crippen LogP contribution is 2.21. The Kier molecular flexibility index (Phi) is 5.76. The van der Waals surface area contributed by atoms with Gasteiger partial charge in [0.05, 0.1) is 23.4 Å². The van der Waals surface area contributed by atoms with Crippen LogP contribution >= 0.6 is 0 Å². The minimum absolute atomic E-state index is 0.156. The first-order valence-electron chi connectivity index (χ1n) is 8.06. The van der Waals surface area contributed by atoms with Crippen LogP contribution in [0.25, 0.3) is 0 Å². The summed E-state index contributed by atoms with van der Waals surface area (Å²) < 4.78 is 10.7. The number of Topliss-reactive ketones (excluding diaryl/α,β-unsaturated/α-hetero) is 1. The van der Waals surface area contributed by atoms with Crippen LogP contribution in [0.4, 0.5) is 0 Å². The maximum Gasteiger partial charge on any atom is 0.340 e. The van der Waals surface area contributed by atoms with E-state index in [-0.39, 0.29) is 17.9 Å². The van der Waals surface area contributed by atoms with Crippen LogP contribution in [-0.2, 0) is 9.47 Å². The topological polar surface area (TPSA) is 112 Å². The van der Waals surface area contributed by atoms with Crippen molar-refractivity contribution in [3.05, 3.63) is 57.8 Å². The lowest BCUT2D eigenvalue weighted by Gasteiger charge is -2.12. The van der Waals surface area contributed by atoms with E-state index in [0.717, 1.165) is 12.4 Å². The predicted octanol–water partition coefficient (Wildman–Crippen LogP) is 1.87. The molecular weight excluding hydrogens is 340 g/mol. The molecule has 2 aromatic rings. The molecule has 0 aliphatic heterocycles. The molecule has 0 radical (unpaired) electrons. The van der Waals surface area contributed by atoms with Gasteiger partial charge in [-0.25, -0.2) is 9.59 Å². The quantitative estimate of drug-likeness (QED) is 0.364. The normalized spacial score (nSPS) is 11.7. The smallest absolute Gasteiger partial charge is 0.340 e. The molecule has 0 aliphatic rings. The zero-order chi connectivity index (χ0) is 19.4. The van der Waals surface area contributed by atoms with Crippen LogP contribution in [0.2, 0.25) is 0 Å². The minimum atomic E-state index is -1.08. The van der Waals surface area contributed by atoms with E-state index in [0.29, 0.717) is 21.6 Å². The molecule has 0 saturated carbocycles. The van der Waals surface area contributed by atoms with Crippen LogP contribution in [0, 0.1) is 19.1 Å². The van der Waals surface area contributed by atoms with Crippen molar-refractivity contribution in [2.24, 2.45) is 0 Å². The SMILES string of the molecule is CCOC(=O)c1c(C)[nH]c(C(=O)[C@@H](C)OC(=O)c2cc[n+]([O-])cc2)c1C. The fourth-order valence-corrected chi connectivity index (χ4v) is 2.54. The van der Waals surface area contributed by atoms with E-state index < -0.39 is 23.8 Å². The summed E-state index contributed by atoms with van der Waals surface area (Å²) in [6.07, 6.45) is 1.24. The highest BCUT2D eigenvalue weighted by molar-refractivity contribution is 6.04. The summed E-state index contributed by atoms with van der Waals surface area (Å²) in [4.78, 5) is 39.6. The molecule has 0 amide bonds. The number of esters is 2. The number of aromatic nitrogens is 2. The second kappa shape index (κ2) is 7.81. The van der Waals surface area contributed by atoms with Crippen molar-refractivity contribution >= 4 is 17.7 Å². The van der Waals surface area contributed by atoms with Crippen molar-refractivity contribution in [1.29, 1.82) is 0 Å². The second-order valence-electron chi connectivity index (χ2n) is 5.70. The number of pyridine rings is 1. The summed E-state index contributed by atoms with van der Waals surface area (Å²) in [5.41, 5.74) is 1.60. The van der Waals surface area contributed by atoms with E-state index in [1.807, 2.05) is 0 Å². The summed E-state index contributed by atoms with van der Waals surface area (Å²) in [5.74, 6) is -1.71. The van der Waals surface area contributed by atoms with Gasteiger partial charge in [0.1, 0.15) is 0 Å². The zero-order valence-electron chi connectivity index (χ0n) is 15.0. The predicted molar refractivity (Wildman–Crippen MR) is 90.8 cm³/mol. The number of nitrogens with zero attached hydrogens (tertiary/aromatic N) is 1. The number of H-pyrrole nitrogens is 1. The average Bonchev–Trinajstić information content (AvgIpc) is 2.89. The first kappa shape index (κ1) is 19.2. The summed E-state index contributed by atoms with van der Waals surface area (Å²) in [5, 5.41) is 11.0. The Morgan fingerprint density at radius 1 is 1.19 bits per heavy atom. The molecule has 1 atom stereocenters. The average molecular weight is 360 g/mol. The van der Waals surface area contributed by atoms with Crippen molar-refractivity contribution in [2.45, 2.75) is 33.8 Å². The molecule has 26 heavy (non-hydrogen) atoms. The first-order valence-corrected chi connectivity index (χ1v) is 8.06. The fraction of sp³-hybridized carbons (Fsp3) is 0.333. The summed E-state index contributed by atoms with van der Waals surface area (Å²) in [6, 6.07) is 2.60. The maximum atomic E-state index is 12.6. The largest absolute Gasteiger partial charge is 0.619 e. The summed E-state index contributed by atoms with van der Waals surface area (Å²) in [6.45, 7) is 6.65. The molecule has 8 heteroatoms. The number of aromatic amines is 1. The lowest BCUT2D eigenvalue weighted by atomic mass is 10.1. The van der Waals surface area contributed by atoms with Gasteiger partial charge in [0, 0.05) is 17.8 Å². The molecule has 0 spiro atoms. The van der Waals surface area contributed by atoms with Crippen molar-refractivity contribution in [3.63, 3.8) is 0 Å². The van der Waals surface area contributed by atoms with Crippen LogP contribution in [0.3, 0.4) is 0 Å². The number of rotatable bonds is 6. The van der Waals surface area contributed by atoms with E-state index in [1.165, 1.54) is 19.1 Å². The molecule has 2 heterocycles. The summed E-state index contributed by atoms with van der Waals surface area (Å²) >= 11 is 0. The molecule has 0 saturated heterocycles. The Balaban J connectivity index is 2.18. The highest BCUT2D eigenvalue weighted by atomic mass is 16.5. The molecule has 0 aromatic carbocycles. The van der Waals surface area contributed by atoms with Crippen molar-refractivity contribution in [1.82, 2.24) is 4.98 Å². The number of carbonyl (C=O) groups excluding carboxylic acids is 3. The molecule has 0 unspecified atom stereocenters. The highest BCUT2D eigenvalue weighted by Gasteiger charge is 2.27. The van der Waals surface area contributed by atoms with E-state index in [1.54, 1.807) is 20.8 Å². The summed E-state index contributed by atoms with van der Waals surface area (Å²) in [7, 11) is 0. The van der Waals surface area contributed by atoms with Gasteiger partial charge in [0.25, 0.3) is 0 Å². The van der Waals surface area contributed by atoms with Gasteiger partial charge < -0.3 is 19.7 Å². The third kappa shape index (κ3) is 3.90. The van der Waals surface area contributed by atoms with Crippen LogP contribution < -0.4 is 4.73 Å². The number of ether oxygens (including phenoxy) is 2. The van der Waals surface area contributed by atoms with Crippen molar-refractivity contribution in [2.75, 3.05) is 6.61 Å². The number of hydrogen-bond acceptors (Lipinski definition) is 6. The molecule has 0 aliphatic carbocycles. The molecule has 1 N–H and O–H groups in total. The lowest BCUT2D eigenvalue weighted by molar-refractivity contribution is -0.605.